The van der Waals surface area contributed by atoms with E-state index in [1.54, 1.807) is 7.05 Å². The largest absolute Gasteiger partial charge is 0.383 e. The molecule has 1 aromatic carbocycles. The predicted molar refractivity (Wildman–Crippen MR) is 80.1 cm³/mol. The molecule has 0 aliphatic carbocycles. The van der Waals surface area contributed by atoms with Crippen molar-refractivity contribution in [2.45, 2.75) is 37.2 Å². The summed E-state index contributed by atoms with van der Waals surface area (Å²) < 4.78 is 45.9. The molecule has 1 aromatic rings. The Labute approximate surface area is 125 Å². The molecule has 0 saturated heterocycles. The summed E-state index contributed by atoms with van der Waals surface area (Å²) in [6, 6.07) is 3.51. The SMILES string of the molecule is CCCC(COC)NS(=O)(=O)c1ccc(F)c(CNC)c1. The van der Waals surface area contributed by atoms with Crippen molar-refractivity contribution in [3.8, 4) is 0 Å². The summed E-state index contributed by atoms with van der Waals surface area (Å²) in [6.07, 6.45) is 1.52. The van der Waals surface area contributed by atoms with Crippen LogP contribution in [0.5, 0.6) is 0 Å². The number of methoxy groups -OCH3 is 1. The summed E-state index contributed by atoms with van der Waals surface area (Å²) in [7, 11) is -0.483. The average Bonchev–Trinajstić information content (AvgIpc) is 2.41. The monoisotopic (exact) mass is 318 g/mol. The number of benzene rings is 1. The summed E-state index contributed by atoms with van der Waals surface area (Å²) in [6.45, 7) is 2.54. The van der Waals surface area contributed by atoms with Crippen LogP contribution in [0.15, 0.2) is 23.1 Å². The third-order valence-electron chi connectivity index (χ3n) is 3.02. The Morgan fingerprint density at radius 1 is 1.38 bits per heavy atom. The lowest BCUT2D eigenvalue weighted by atomic mass is 10.2. The lowest BCUT2D eigenvalue weighted by molar-refractivity contribution is 0.171. The zero-order valence-corrected chi connectivity index (χ0v) is 13.5. The van der Waals surface area contributed by atoms with Crippen LogP contribution in [0.3, 0.4) is 0 Å². The minimum absolute atomic E-state index is 0.0614. The molecule has 5 nitrogen and oxygen atoms in total. The maximum absolute atomic E-state index is 13.6. The maximum Gasteiger partial charge on any atom is 0.240 e. The van der Waals surface area contributed by atoms with Gasteiger partial charge >= 0.3 is 0 Å². The highest BCUT2D eigenvalue weighted by Gasteiger charge is 2.20. The molecule has 0 amide bonds. The summed E-state index contributed by atoms with van der Waals surface area (Å²) in [5.41, 5.74) is 0.319. The molecule has 1 unspecified atom stereocenters. The van der Waals surface area contributed by atoms with Crippen LogP contribution in [0.25, 0.3) is 0 Å². The number of hydrogen-bond acceptors (Lipinski definition) is 4. The fraction of sp³-hybridized carbons (Fsp3) is 0.571. The Kier molecular flexibility index (Phi) is 7.24. The first-order valence-corrected chi connectivity index (χ1v) is 8.37. The summed E-state index contributed by atoms with van der Waals surface area (Å²) in [4.78, 5) is 0.0614. The second-order valence-electron chi connectivity index (χ2n) is 4.85. The first kappa shape index (κ1) is 18.0. The van der Waals surface area contributed by atoms with Gasteiger partial charge in [-0.05, 0) is 31.7 Å². The van der Waals surface area contributed by atoms with Crippen molar-refractivity contribution in [1.29, 1.82) is 0 Å². The van der Waals surface area contributed by atoms with Crippen molar-refractivity contribution in [3.63, 3.8) is 0 Å². The highest BCUT2D eigenvalue weighted by Crippen LogP contribution is 2.16. The van der Waals surface area contributed by atoms with Gasteiger partial charge in [-0.3, -0.25) is 0 Å². The Bertz CT molecular complexity index is 543. The second-order valence-corrected chi connectivity index (χ2v) is 6.56. The molecule has 0 aromatic heterocycles. The van der Waals surface area contributed by atoms with E-state index in [1.165, 1.54) is 25.3 Å². The van der Waals surface area contributed by atoms with Crippen LogP contribution in [0.2, 0.25) is 0 Å². The fourth-order valence-electron chi connectivity index (χ4n) is 2.06. The van der Waals surface area contributed by atoms with Crippen LogP contribution >= 0.6 is 0 Å². The molecule has 7 heteroatoms. The van der Waals surface area contributed by atoms with E-state index in [-0.39, 0.29) is 17.5 Å². The van der Waals surface area contributed by atoms with E-state index in [4.69, 9.17) is 4.74 Å². The van der Waals surface area contributed by atoms with Gasteiger partial charge in [0.25, 0.3) is 0 Å². The van der Waals surface area contributed by atoms with Gasteiger partial charge in [0.05, 0.1) is 11.5 Å². The molecule has 1 atom stereocenters. The van der Waals surface area contributed by atoms with Crippen LogP contribution in [-0.4, -0.2) is 35.2 Å². The van der Waals surface area contributed by atoms with Gasteiger partial charge in [-0.1, -0.05) is 13.3 Å². The van der Waals surface area contributed by atoms with Gasteiger partial charge in [0.15, 0.2) is 0 Å². The quantitative estimate of drug-likeness (QED) is 0.726. The molecule has 1 rings (SSSR count). The van der Waals surface area contributed by atoms with Crippen LogP contribution in [0.4, 0.5) is 4.39 Å². The van der Waals surface area contributed by atoms with E-state index in [9.17, 15) is 12.8 Å². The topological polar surface area (TPSA) is 67.4 Å². The molecule has 0 radical (unpaired) electrons. The third-order valence-corrected chi connectivity index (χ3v) is 4.54. The molecule has 0 fully saturated rings. The van der Waals surface area contributed by atoms with Gasteiger partial charge in [-0.2, -0.15) is 0 Å². The predicted octanol–water partition coefficient (Wildman–Crippen LogP) is 1.64. The van der Waals surface area contributed by atoms with Gasteiger partial charge in [0.1, 0.15) is 5.82 Å². The number of sulfonamides is 1. The minimum atomic E-state index is -3.69. The highest BCUT2D eigenvalue weighted by atomic mass is 32.2. The van der Waals surface area contributed by atoms with Crippen molar-refractivity contribution in [3.05, 3.63) is 29.6 Å². The smallest absolute Gasteiger partial charge is 0.240 e. The van der Waals surface area contributed by atoms with E-state index in [2.05, 4.69) is 10.0 Å². The van der Waals surface area contributed by atoms with E-state index in [0.29, 0.717) is 18.6 Å². The summed E-state index contributed by atoms with van der Waals surface area (Å²) >= 11 is 0. The van der Waals surface area contributed by atoms with Gasteiger partial charge in [-0.15, -0.1) is 0 Å². The van der Waals surface area contributed by atoms with Gasteiger partial charge in [0, 0.05) is 25.3 Å². The average molecular weight is 318 g/mol. The Hall–Kier alpha value is -1.02. The van der Waals surface area contributed by atoms with Crippen molar-refractivity contribution in [2.75, 3.05) is 20.8 Å². The first-order chi connectivity index (χ1) is 9.94. The summed E-state index contributed by atoms with van der Waals surface area (Å²) in [5, 5.41) is 2.81. The number of ether oxygens (including phenoxy) is 1. The van der Waals surface area contributed by atoms with Crippen LogP contribution < -0.4 is 10.0 Å². The van der Waals surface area contributed by atoms with Gasteiger partial charge in [0.2, 0.25) is 10.0 Å². The van der Waals surface area contributed by atoms with Gasteiger partial charge < -0.3 is 10.1 Å². The molecule has 0 saturated carbocycles. The zero-order valence-electron chi connectivity index (χ0n) is 12.6. The summed E-state index contributed by atoms with van der Waals surface area (Å²) in [5.74, 6) is -0.426. The minimum Gasteiger partial charge on any atom is -0.383 e. The number of halogens is 1. The zero-order chi connectivity index (χ0) is 15.9. The molecule has 0 bridgehead atoms. The van der Waals surface area contributed by atoms with E-state index >= 15 is 0 Å². The molecule has 0 aliphatic rings. The maximum atomic E-state index is 13.6. The Morgan fingerprint density at radius 3 is 2.67 bits per heavy atom. The molecular weight excluding hydrogens is 295 g/mol. The molecule has 120 valence electrons. The lowest BCUT2D eigenvalue weighted by Gasteiger charge is -2.17. The number of rotatable bonds is 9. The standard InChI is InChI=1S/C14H23FN2O3S/c1-4-5-12(10-20-3)17-21(18,19)13-6-7-14(15)11(8-13)9-16-2/h6-8,12,16-17H,4-5,9-10H2,1-3H3. The van der Waals surface area contributed by atoms with Crippen molar-refractivity contribution < 1.29 is 17.5 Å². The number of hydrogen-bond donors (Lipinski definition) is 2. The Balaban J connectivity index is 2.98. The van der Waals surface area contributed by atoms with E-state index in [0.717, 1.165) is 6.42 Å². The molecule has 0 heterocycles. The molecule has 0 spiro atoms. The normalized spacial score (nSPS) is 13.3. The molecule has 0 aliphatic heterocycles. The highest BCUT2D eigenvalue weighted by molar-refractivity contribution is 7.89. The van der Waals surface area contributed by atoms with Crippen molar-refractivity contribution >= 4 is 10.0 Å². The second kappa shape index (κ2) is 8.43. The van der Waals surface area contributed by atoms with Crippen molar-refractivity contribution in [1.82, 2.24) is 10.0 Å². The number of nitrogens with one attached hydrogen (secondary N) is 2. The van der Waals surface area contributed by atoms with Crippen LogP contribution in [-0.2, 0) is 21.3 Å². The van der Waals surface area contributed by atoms with E-state index < -0.39 is 15.8 Å². The molecule has 2 N–H and O–H groups in total. The molecule has 21 heavy (non-hydrogen) atoms. The Morgan fingerprint density at radius 2 is 2.10 bits per heavy atom. The molecular formula is C14H23FN2O3S. The fourth-order valence-corrected chi connectivity index (χ4v) is 3.36. The van der Waals surface area contributed by atoms with Crippen LogP contribution in [0, 0.1) is 5.82 Å². The van der Waals surface area contributed by atoms with Gasteiger partial charge in [-0.25, -0.2) is 17.5 Å². The van der Waals surface area contributed by atoms with Crippen LogP contribution in [0.1, 0.15) is 25.3 Å². The van der Waals surface area contributed by atoms with E-state index in [1.807, 2.05) is 6.92 Å². The first-order valence-electron chi connectivity index (χ1n) is 6.88. The van der Waals surface area contributed by atoms with Crippen molar-refractivity contribution in [2.24, 2.45) is 0 Å². The lowest BCUT2D eigenvalue weighted by Crippen LogP contribution is -2.38. The third kappa shape index (κ3) is 5.35.